The first-order valence-corrected chi connectivity index (χ1v) is 6.03. The van der Waals surface area contributed by atoms with Crippen molar-refractivity contribution in [2.75, 3.05) is 18.0 Å². The van der Waals surface area contributed by atoms with Crippen molar-refractivity contribution in [1.82, 2.24) is 4.98 Å². The molecule has 19 heavy (non-hydrogen) atoms. The predicted octanol–water partition coefficient (Wildman–Crippen LogP) is 2.83. The van der Waals surface area contributed by atoms with Gasteiger partial charge >= 0.3 is 6.18 Å². The lowest BCUT2D eigenvalue weighted by molar-refractivity contribution is -0.0944. The van der Waals surface area contributed by atoms with Gasteiger partial charge < -0.3 is 10.0 Å². The van der Waals surface area contributed by atoms with Crippen LogP contribution in [0.4, 0.5) is 19.0 Å². The second kappa shape index (κ2) is 5.21. The normalized spacial score (nSPS) is 18.2. The average Bonchev–Trinajstić information content (AvgIpc) is 2.38. The Labute approximate surface area is 109 Å². The van der Waals surface area contributed by atoms with Gasteiger partial charge in [0.1, 0.15) is 5.82 Å². The molecule has 3 nitrogen and oxygen atoms in total. The van der Waals surface area contributed by atoms with Crippen molar-refractivity contribution in [2.45, 2.75) is 25.6 Å². The largest absolute Gasteiger partial charge is 0.412 e. The van der Waals surface area contributed by atoms with Gasteiger partial charge in [-0.05, 0) is 25.0 Å². The van der Waals surface area contributed by atoms with Gasteiger partial charge in [0.05, 0.1) is 6.10 Å². The minimum Gasteiger partial charge on any atom is -0.389 e. The molecule has 2 heterocycles. The molecule has 0 aliphatic carbocycles. The molecule has 104 valence electrons. The van der Waals surface area contributed by atoms with Crippen molar-refractivity contribution in [3.63, 3.8) is 0 Å². The number of anilines is 1. The molecule has 1 aromatic heterocycles. The van der Waals surface area contributed by atoms with E-state index in [1.54, 1.807) is 30.2 Å². The van der Waals surface area contributed by atoms with Gasteiger partial charge in [0.2, 0.25) is 0 Å². The summed E-state index contributed by atoms with van der Waals surface area (Å²) < 4.78 is 37.4. The Balaban J connectivity index is 2.07. The number of pyridine rings is 1. The van der Waals surface area contributed by atoms with E-state index in [4.69, 9.17) is 0 Å². The molecule has 1 aliphatic heterocycles. The van der Waals surface area contributed by atoms with Gasteiger partial charge in [-0.15, -0.1) is 0 Å². The van der Waals surface area contributed by atoms with Gasteiger partial charge in [0, 0.05) is 24.9 Å². The van der Waals surface area contributed by atoms with Crippen LogP contribution in [-0.4, -0.2) is 29.4 Å². The number of hydrogen-bond donors (Lipinski definition) is 1. The fraction of sp³-hybridized carbons (Fsp3) is 0.462. The number of aromatic nitrogens is 1. The summed E-state index contributed by atoms with van der Waals surface area (Å²) in [6.07, 6.45) is -2.10. The minimum atomic E-state index is -4.23. The average molecular weight is 272 g/mol. The lowest BCUT2D eigenvalue weighted by Crippen LogP contribution is -2.32. The number of halogens is 3. The predicted molar refractivity (Wildman–Crippen MR) is 65.8 cm³/mol. The lowest BCUT2D eigenvalue weighted by atomic mass is 10.1. The van der Waals surface area contributed by atoms with Crippen molar-refractivity contribution >= 4 is 5.82 Å². The van der Waals surface area contributed by atoms with E-state index in [0.29, 0.717) is 17.9 Å². The highest BCUT2D eigenvalue weighted by Crippen LogP contribution is 2.31. The number of rotatable bonds is 2. The first-order valence-electron chi connectivity index (χ1n) is 6.03. The Kier molecular flexibility index (Phi) is 3.80. The quantitative estimate of drug-likeness (QED) is 0.841. The summed E-state index contributed by atoms with van der Waals surface area (Å²) in [5.74, 6) is 0.627. The van der Waals surface area contributed by atoms with E-state index in [-0.39, 0.29) is 13.0 Å². The molecule has 1 N–H and O–H groups in total. The standard InChI is InChI=1S/C13H15F3N2O/c1-9(19)10-2-3-12(17-8-10)18-6-4-11(5-7-18)13(14,15)16/h2-4,8-9,19H,5-7H2,1H3. The van der Waals surface area contributed by atoms with Crippen molar-refractivity contribution in [3.8, 4) is 0 Å². The van der Waals surface area contributed by atoms with Crippen LogP contribution >= 0.6 is 0 Å². The molecule has 1 atom stereocenters. The summed E-state index contributed by atoms with van der Waals surface area (Å²) in [5.41, 5.74) is 0.219. The summed E-state index contributed by atoms with van der Waals surface area (Å²) >= 11 is 0. The Morgan fingerprint density at radius 2 is 2.11 bits per heavy atom. The molecule has 6 heteroatoms. The number of hydrogen-bond acceptors (Lipinski definition) is 3. The van der Waals surface area contributed by atoms with Crippen molar-refractivity contribution in [2.24, 2.45) is 0 Å². The highest BCUT2D eigenvalue weighted by Gasteiger charge is 2.34. The number of alkyl halides is 3. The van der Waals surface area contributed by atoms with Crippen LogP contribution in [0.5, 0.6) is 0 Å². The Morgan fingerprint density at radius 1 is 1.37 bits per heavy atom. The third-order valence-corrected chi connectivity index (χ3v) is 3.15. The van der Waals surface area contributed by atoms with Gasteiger partial charge in [-0.25, -0.2) is 4.98 Å². The molecule has 1 unspecified atom stereocenters. The fourth-order valence-corrected chi connectivity index (χ4v) is 1.97. The molecule has 0 aromatic carbocycles. The number of aliphatic hydroxyl groups excluding tert-OH is 1. The van der Waals surface area contributed by atoms with Gasteiger partial charge in [0.25, 0.3) is 0 Å². The highest BCUT2D eigenvalue weighted by molar-refractivity contribution is 5.42. The summed E-state index contributed by atoms with van der Waals surface area (Å²) in [6, 6.07) is 3.45. The summed E-state index contributed by atoms with van der Waals surface area (Å²) in [4.78, 5) is 5.95. The first kappa shape index (κ1) is 13.9. The monoisotopic (exact) mass is 272 g/mol. The number of aliphatic hydroxyl groups is 1. The van der Waals surface area contributed by atoms with Crippen molar-refractivity contribution in [1.29, 1.82) is 0 Å². The zero-order valence-electron chi connectivity index (χ0n) is 10.5. The molecule has 0 radical (unpaired) electrons. The third kappa shape index (κ3) is 3.26. The van der Waals surface area contributed by atoms with Crippen LogP contribution in [0.3, 0.4) is 0 Å². The van der Waals surface area contributed by atoms with E-state index in [9.17, 15) is 18.3 Å². The van der Waals surface area contributed by atoms with Gasteiger partial charge in [-0.1, -0.05) is 12.1 Å². The smallest absolute Gasteiger partial charge is 0.389 e. The van der Waals surface area contributed by atoms with Crippen LogP contribution in [0, 0.1) is 0 Å². The number of nitrogens with zero attached hydrogens (tertiary/aromatic N) is 2. The van der Waals surface area contributed by atoms with E-state index >= 15 is 0 Å². The van der Waals surface area contributed by atoms with Crippen LogP contribution in [0.1, 0.15) is 25.0 Å². The molecule has 0 spiro atoms. The van der Waals surface area contributed by atoms with Gasteiger partial charge in [-0.2, -0.15) is 13.2 Å². The molecule has 0 amide bonds. The second-order valence-electron chi connectivity index (χ2n) is 4.55. The summed E-state index contributed by atoms with van der Waals surface area (Å²) in [5, 5.41) is 9.36. The summed E-state index contributed by atoms with van der Waals surface area (Å²) in [6.45, 7) is 2.14. The molecule has 0 saturated heterocycles. The SMILES string of the molecule is CC(O)c1ccc(N2CC=C(C(F)(F)F)CC2)nc1. The first-order chi connectivity index (χ1) is 8.88. The molecule has 1 aromatic rings. The van der Waals surface area contributed by atoms with Crippen LogP contribution < -0.4 is 4.90 Å². The van der Waals surface area contributed by atoms with Gasteiger partial charge in [-0.3, -0.25) is 0 Å². The minimum absolute atomic E-state index is 0.0245. The molecule has 0 fully saturated rings. The maximum atomic E-state index is 12.5. The molecule has 0 bridgehead atoms. The third-order valence-electron chi connectivity index (χ3n) is 3.15. The van der Waals surface area contributed by atoms with E-state index in [2.05, 4.69) is 4.98 Å². The van der Waals surface area contributed by atoms with E-state index in [0.717, 1.165) is 0 Å². The zero-order valence-corrected chi connectivity index (χ0v) is 10.5. The maximum Gasteiger partial charge on any atom is 0.412 e. The molecule has 2 rings (SSSR count). The van der Waals surface area contributed by atoms with Crippen LogP contribution in [0.15, 0.2) is 30.0 Å². The van der Waals surface area contributed by atoms with Crippen molar-refractivity contribution < 1.29 is 18.3 Å². The molecular formula is C13H15F3N2O. The highest BCUT2D eigenvalue weighted by atomic mass is 19.4. The van der Waals surface area contributed by atoms with E-state index < -0.39 is 17.9 Å². The van der Waals surface area contributed by atoms with Gasteiger partial charge in [0.15, 0.2) is 0 Å². The summed E-state index contributed by atoms with van der Waals surface area (Å²) in [7, 11) is 0. The van der Waals surface area contributed by atoms with E-state index in [1.807, 2.05) is 0 Å². The fourth-order valence-electron chi connectivity index (χ4n) is 1.97. The maximum absolute atomic E-state index is 12.5. The topological polar surface area (TPSA) is 36.4 Å². The van der Waals surface area contributed by atoms with Crippen LogP contribution in [0.25, 0.3) is 0 Å². The molecule has 1 aliphatic rings. The lowest BCUT2D eigenvalue weighted by Gasteiger charge is -2.28. The van der Waals surface area contributed by atoms with Crippen molar-refractivity contribution in [3.05, 3.63) is 35.5 Å². The Hall–Kier alpha value is -1.56. The Bertz CT molecular complexity index is 466. The molecular weight excluding hydrogens is 257 g/mol. The van der Waals surface area contributed by atoms with E-state index in [1.165, 1.54) is 6.08 Å². The molecule has 0 saturated carbocycles. The Morgan fingerprint density at radius 3 is 2.53 bits per heavy atom. The van der Waals surface area contributed by atoms with Crippen LogP contribution in [-0.2, 0) is 0 Å². The second-order valence-corrected chi connectivity index (χ2v) is 4.55. The zero-order chi connectivity index (χ0) is 14.0. The van der Waals surface area contributed by atoms with Crippen LogP contribution in [0.2, 0.25) is 0 Å².